The Kier molecular flexibility index (Phi) is 4.09. The number of carbonyl (C=O) groups excluding carboxylic acids is 2. The van der Waals surface area contributed by atoms with Crippen molar-refractivity contribution in [3.05, 3.63) is 0 Å². The first-order valence-electron chi connectivity index (χ1n) is 5.90. The first-order chi connectivity index (χ1) is 8.18. The molecule has 2 aliphatic heterocycles. The van der Waals surface area contributed by atoms with Gasteiger partial charge in [0.05, 0.1) is 26.4 Å². The van der Waals surface area contributed by atoms with Crippen molar-refractivity contribution in [2.75, 3.05) is 39.5 Å². The lowest BCUT2D eigenvalue weighted by Gasteiger charge is -2.33. The van der Waals surface area contributed by atoms with Gasteiger partial charge < -0.3 is 15.2 Å². The fourth-order valence-electron chi connectivity index (χ4n) is 2.21. The van der Waals surface area contributed by atoms with Crippen LogP contribution in [0.2, 0.25) is 0 Å². The quantitative estimate of drug-likeness (QED) is 0.668. The number of nitrogens with zero attached hydrogens (tertiary/aromatic N) is 1. The number of Topliss-reactive ketones (excluding diaryl/α,β-unsaturated/α-hetero) is 1. The monoisotopic (exact) mass is 242 g/mol. The van der Waals surface area contributed by atoms with Crippen LogP contribution in [0, 0.1) is 5.92 Å². The molecule has 6 nitrogen and oxygen atoms in total. The molecule has 2 saturated heterocycles. The predicted molar refractivity (Wildman–Crippen MR) is 59.3 cm³/mol. The van der Waals surface area contributed by atoms with Crippen LogP contribution in [0.3, 0.4) is 0 Å². The average Bonchev–Trinajstić information content (AvgIpc) is 2.83. The van der Waals surface area contributed by atoms with Crippen molar-refractivity contribution >= 4 is 11.7 Å². The second-order valence-corrected chi connectivity index (χ2v) is 4.49. The SMILES string of the molecule is NC(=O)C1COCCN1CC(=O)C1CCOC1. The van der Waals surface area contributed by atoms with Crippen molar-refractivity contribution in [2.24, 2.45) is 11.7 Å². The summed E-state index contributed by atoms with van der Waals surface area (Å²) in [5.41, 5.74) is 5.29. The second-order valence-electron chi connectivity index (χ2n) is 4.49. The molecule has 0 radical (unpaired) electrons. The number of carbonyl (C=O) groups is 2. The zero-order chi connectivity index (χ0) is 12.3. The second kappa shape index (κ2) is 5.57. The minimum Gasteiger partial charge on any atom is -0.381 e. The smallest absolute Gasteiger partial charge is 0.237 e. The summed E-state index contributed by atoms with van der Waals surface area (Å²) in [7, 11) is 0. The lowest BCUT2D eigenvalue weighted by Crippen LogP contribution is -2.54. The Hall–Kier alpha value is -0.980. The molecular weight excluding hydrogens is 224 g/mol. The Morgan fingerprint density at radius 3 is 2.65 bits per heavy atom. The summed E-state index contributed by atoms with van der Waals surface area (Å²) in [4.78, 5) is 25.0. The number of amides is 1. The molecule has 0 spiro atoms. The van der Waals surface area contributed by atoms with Crippen LogP contribution in [-0.4, -0.2) is 62.1 Å². The molecule has 2 atom stereocenters. The van der Waals surface area contributed by atoms with Gasteiger partial charge in [-0.25, -0.2) is 0 Å². The van der Waals surface area contributed by atoms with Crippen molar-refractivity contribution in [1.29, 1.82) is 0 Å². The van der Waals surface area contributed by atoms with Gasteiger partial charge in [-0.1, -0.05) is 0 Å². The van der Waals surface area contributed by atoms with E-state index in [9.17, 15) is 9.59 Å². The topological polar surface area (TPSA) is 81.9 Å². The molecule has 1 amide bonds. The van der Waals surface area contributed by atoms with Gasteiger partial charge in [0.1, 0.15) is 6.04 Å². The zero-order valence-electron chi connectivity index (χ0n) is 9.76. The van der Waals surface area contributed by atoms with Crippen molar-refractivity contribution in [1.82, 2.24) is 4.90 Å². The summed E-state index contributed by atoms with van der Waals surface area (Å²) >= 11 is 0. The van der Waals surface area contributed by atoms with Crippen LogP contribution >= 0.6 is 0 Å². The normalized spacial score (nSPS) is 30.4. The van der Waals surface area contributed by atoms with Gasteiger partial charge in [-0.2, -0.15) is 0 Å². The molecule has 2 fully saturated rings. The van der Waals surface area contributed by atoms with Crippen LogP contribution in [0.4, 0.5) is 0 Å². The Morgan fingerprint density at radius 1 is 1.24 bits per heavy atom. The number of rotatable bonds is 4. The zero-order valence-corrected chi connectivity index (χ0v) is 9.76. The maximum absolute atomic E-state index is 12.0. The third-order valence-corrected chi connectivity index (χ3v) is 3.31. The molecule has 96 valence electrons. The molecule has 2 unspecified atom stereocenters. The number of primary amides is 1. The van der Waals surface area contributed by atoms with Crippen LogP contribution in [0.15, 0.2) is 0 Å². The molecule has 0 aromatic rings. The Balaban J connectivity index is 1.90. The van der Waals surface area contributed by atoms with Crippen molar-refractivity contribution in [3.63, 3.8) is 0 Å². The lowest BCUT2D eigenvalue weighted by atomic mass is 10.0. The van der Waals surface area contributed by atoms with Crippen LogP contribution in [0.1, 0.15) is 6.42 Å². The van der Waals surface area contributed by atoms with Gasteiger partial charge >= 0.3 is 0 Å². The highest BCUT2D eigenvalue weighted by Gasteiger charge is 2.32. The van der Waals surface area contributed by atoms with E-state index in [4.69, 9.17) is 15.2 Å². The van der Waals surface area contributed by atoms with Crippen LogP contribution < -0.4 is 5.73 Å². The third-order valence-electron chi connectivity index (χ3n) is 3.31. The Bertz CT molecular complexity index is 302. The number of ether oxygens (including phenoxy) is 2. The highest BCUT2D eigenvalue weighted by Crippen LogP contribution is 2.15. The molecule has 17 heavy (non-hydrogen) atoms. The molecule has 0 saturated carbocycles. The number of nitrogens with two attached hydrogens (primary N) is 1. The van der Waals surface area contributed by atoms with E-state index in [1.165, 1.54) is 0 Å². The molecule has 0 bridgehead atoms. The van der Waals surface area contributed by atoms with Crippen LogP contribution in [-0.2, 0) is 19.1 Å². The molecule has 6 heteroatoms. The van der Waals surface area contributed by atoms with Gasteiger partial charge in [0.2, 0.25) is 5.91 Å². The highest BCUT2D eigenvalue weighted by atomic mass is 16.5. The fraction of sp³-hybridized carbons (Fsp3) is 0.818. The molecule has 0 aromatic heterocycles. The highest BCUT2D eigenvalue weighted by molar-refractivity contribution is 5.85. The maximum atomic E-state index is 12.0. The summed E-state index contributed by atoms with van der Waals surface area (Å²) in [6.07, 6.45) is 0.782. The maximum Gasteiger partial charge on any atom is 0.237 e. The van der Waals surface area contributed by atoms with E-state index in [0.29, 0.717) is 26.4 Å². The average molecular weight is 242 g/mol. The van der Waals surface area contributed by atoms with Crippen molar-refractivity contribution in [3.8, 4) is 0 Å². The number of hydrogen-bond acceptors (Lipinski definition) is 5. The standard InChI is InChI=1S/C11H18N2O4/c12-11(15)9-7-17-4-2-13(9)5-10(14)8-1-3-16-6-8/h8-9H,1-7H2,(H2,12,15). The first-order valence-corrected chi connectivity index (χ1v) is 5.90. The summed E-state index contributed by atoms with van der Waals surface area (Å²) in [6, 6.07) is -0.477. The number of morpholine rings is 1. The summed E-state index contributed by atoms with van der Waals surface area (Å²) in [5.74, 6) is -0.317. The fourth-order valence-corrected chi connectivity index (χ4v) is 2.21. The van der Waals surface area contributed by atoms with Gasteiger partial charge in [0.25, 0.3) is 0 Å². The molecule has 2 N–H and O–H groups in total. The van der Waals surface area contributed by atoms with E-state index in [1.54, 1.807) is 0 Å². The van der Waals surface area contributed by atoms with E-state index in [0.717, 1.165) is 6.42 Å². The minimum absolute atomic E-state index is 0.0219. The Morgan fingerprint density at radius 2 is 2.00 bits per heavy atom. The van der Waals surface area contributed by atoms with E-state index in [2.05, 4.69) is 0 Å². The van der Waals surface area contributed by atoms with Crippen molar-refractivity contribution in [2.45, 2.75) is 12.5 Å². The largest absolute Gasteiger partial charge is 0.381 e. The predicted octanol–water partition coefficient (Wildman–Crippen LogP) is -1.22. The summed E-state index contributed by atoms with van der Waals surface area (Å²) in [5, 5.41) is 0. The van der Waals surface area contributed by atoms with Gasteiger partial charge in [-0.3, -0.25) is 14.5 Å². The van der Waals surface area contributed by atoms with E-state index in [1.807, 2.05) is 4.90 Å². The van der Waals surface area contributed by atoms with E-state index in [-0.39, 0.29) is 24.9 Å². The molecule has 0 aromatic carbocycles. The van der Waals surface area contributed by atoms with Crippen LogP contribution in [0.25, 0.3) is 0 Å². The van der Waals surface area contributed by atoms with Gasteiger partial charge in [0.15, 0.2) is 5.78 Å². The molecule has 0 aliphatic carbocycles. The molecule has 2 heterocycles. The lowest BCUT2D eigenvalue weighted by molar-refractivity contribution is -0.133. The van der Waals surface area contributed by atoms with Gasteiger partial charge in [-0.15, -0.1) is 0 Å². The summed E-state index contributed by atoms with van der Waals surface area (Å²) in [6.45, 7) is 2.82. The number of hydrogen-bond donors (Lipinski definition) is 1. The first kappa shape index (κ1) is 12.5. The number of ketones is 1. The van der Waals surface area contributed by atoms with Crippen molar-refractivity contribution < 1.29 is 19.1 Å². The molecular formula is C11H18N2O4. The van der Waals surface area contributed by atoms with E-state index < -0.39 is 11.9 Å². The minimum atomic E-state index is -0.477. The van der Waals surface area contributed by atoms with Crippen LogP contribution in [0.5, 0.6) is 0 Å². The third kappa shape index (κ3) is 3.02. The van der Waals surface area contributed by atoms with Gasteiger partial charge in [-0.05, 0) is 6.42 Å². The molecule has 2 rings (SSSR count). The Labute approximate surface area is 100 Å². The summed E-state index contributed by atoms with van der Waals surface area (Å²) < 4.78 is 10.4. The van der Waals surface area contributed by atoms with E-state index >= 15 is 0 Å². The van der Waals surface area contributed by atoms with Gasteiger partial charge in [0, 0.05) is 19.1 Å². The molecule has 2 aliphatic rings.